The smallest absolute Gasteiger partial charge is 0.239 e. The van der Waals surface area contributed by atoms with E-state index in [1.807, 2.05) is 31.3 Å². The number of nitrogens with zero attached hydrogens (tertiary/aromatic N) is 3. The Labute approximate surface area is 194 Å². The third kappa shape index (κ3) is 6.78. The van der Waals surface area contributed by atoms with Crippen LogP contribution in [0.3, 0.4) is 0 Å². The van der Waals surface area contributed by atoms with Crippen LogP contribution in [0.25, 0.3) is 0 Å². The molecule has 2 aromatic carbocycles. The van der Waals surface area contributed by atoms with E-state index in [1.54, 1.807) is 7.05 Å². The molecular formula is C21H27ClIN5O. The van der Waals surface area contributed by atoms with Gasteiger partial charge in [0, 0.05) is 51.0 Å². The van der Waals surface area contributed by atoms with Crippen LogP contribution in [0.15, 0.2) is 53.5 Å². The van der Waals surface area contributed by atoms with Crippen molar-refractivity contribution < 1.29 is 4.79 Å². The average Bonchev–Trinajstić information content (AvgIpc) is 2.71. The van der Waals surface area contributed by atoms with E-state index in [-0.39, 0.29) is 29.9 Å². The van der Waals surface area contributed by atoms with Crippen LogP contribution >= 0.6 is 35.6 Å². The number of carbonyl (C=O) groups is 1. The Morgan fingerprint density at radius 3 is 2.45 bits per heavy atom. The van der Waals surface area contributed by atoms with Gasteiger partial charge in [0.2, 0.25) is 5.91 Å². The fraction of sp³-hybridized carbons (Fsp3) is 0.333. The van der Waals surface area contributed by atoms with Gasteiger partial charge in [-0.1, -0.05) is 35.9 Å². The number of halogens is 2. The van der Waals surface area contributed by atoms with E-state index >= 15 is 0 Å². The summed E-state index contributed by atoms with van der Waals surface area (Å²) in [4.78, 5) is 20.1. The van der Waals surface area contributed by atoms with Crippen molar-refractivity contribution in [3.05, 3.63) is 64.7 Å². The summed E-state index contributed by atoms with van der Waals surface area (Å²) in [6.07, 6.45) is 0. The molecule has 1 amide bonds. The predicted molar refractivity (Wildman–Crippen MR) is 130 cm³/mol. The fourth-order valence-corrected chi connectivity index (χ4v) is 3.31. The van der Waals surface area contributed by atoms with Crippen molar-refractivity contribution in [3.8, 4) is 0 Å². The topological polar surface area (TPSA) is 60.0 Å². The lowest BCUT2D eigenvalue weighted by Crippen LogP contribution is -2.47. The highest BCUT2D eigenvalue weighted by Gasteiger charge is 2.16. The van der Waals surface area contributed by atoms with Gasteiger partial charge in [-0.3, -0.25) is 9.79 Å². The monoisotopic (exact) mass is 527 g/mol. The van der Waals surface area contributed by atoms with Crippen LogP contribution in [-0.2, 0) is 17.9 Å². The lowest BCUT2D eigenvalue weighted by atomic mass is 10.2. The molecule has 0 bridgehead atoms. The van der Waals surface area contributed by atoms with Gasteiger partial charge in [-0.05, 0) is 35.4 Å². The van der Waals surface area contributed by atoms with Gasteiger partial charge in [-0.25, -0.2) is 0 Å². The number of carbonyl (C=O) groups excluding carboxylic acids is 1. The van der Waals surface area contributed by atoms with Gasteiger partial charge in [0.1, 0.15) is 0 Å². The number of piperazine rings is 1. The zero-order valence-electron chi connectivity index (χ0n) is 16.7. The highest BCUT2D eigenvalue weighted by atomic mass is 127. The normalized spacial score (nSPS) is 14.1. The fourth-order valence-electron chi connectivity index (χ4n) is 3.19. The van der Waals surface area contributed by atoms with Gasteiger partial charge in [0.25, 0.3) is 0 Å². The van der Waals surface area contributed by atoms with Crippen molar-refractivity contribution >= 4 is 53.1 Å². The standard InChI is InChI=1S/C21H26ClN5O.HI/c1-23-21(26(2)14-17-3-7-18(22)8-4-17)25-13-16-5-9-19(10-6-16)27-12-11-24-20(28)15-27;/h3-10H,11-15H2,1-2H3,(H,23,25)(H,24,28);1H. The molecule has 156 valence electrons. The van der Waals surface area contributed by atoms with Gasteiger partial charge in [-0.2, -0.15) is 0 Å². The van der Waals surface area contributed by atoms with Crippen molar-refractivity contribution in [1.82, 2.24) is 15.5 Å². The van der Waals surface area contributed by atoms with Gasteiger partial charge in [-0.15, -0.1) is 24.0 Å². The van der Waals surface area contributed by atoms with Crippen LogP contribution < -0.4 is 15.5 Å². The van der Waals surface area contributed by atoms with E-state index in [0.29, 0.717) is 19.6 Å². The summed E-state index contributed by atoms with van der Waals surface area (Å²) in [5.41, 5.74) is 3.40. The van der Waals surface area contributed by atoms with E-state index in [0.717, 1.165) is 35.3 Å². The van der Waals surface area contributed by atoms with Crippen LogP contribution in [0.2, 0.25) is 5.02 Å². The molecule has 0 aromatic heterocycles. The highest BCUT2D eigenvalue weighted by molar-refractivity contribution is 14.0. The molecule has 0 unspecified atom stereocenters. The summed E-state index contributed by atoms with van der Waals surface area (Å²) >= 11 is 5.95. The van der Waals surface area contributed by atoms with Crippen molar-refractivity contribution in [3.63, 3.8) is 0 Å². The van der Waals surface area contributed by atoms with Crippen molar-refractivity contribution in [2.24, 2.45) is 4.99 Å². The first-order valence-corrected chi connectivity index (χ1v) is 9.70. The summed E-state index contributed by atoms with van der Waals surface area (Å²) < 4.78 is 0. The van der Waals surface area contributed by atoms with E-state index in [4.69, 9.17) is 11.6 Å². The molecule has 6 nitrogen and oxygen atoms in total. The minimum absolute atomic E-state index is 0. The molecule has 1 fully saturated rings. The molecule has 0 saturated carbocycles. The first-order chi connectivity index (χ1) is 13.5. The van der Waals surface area contributed by atoms with Crippen LogP contribution in [0.1, 0.15) is 11.1 Å². The quantitative estimate of drug-likeness (QED) is 0.356. The van der Waals surface area contributed by atoms with Crippen molar-refractivity contribution in [1.29, 1.82) is 0 Å². The summed E-state index contributed by atoms with van der Waals surface area (Å²) in [7, 11) is 3.79. The summed E-state index contributed by atoms with van der Waals surface area (Å²) in [5, 5.41) is 6.98. The van der Waals surface area contributed by atoms with Crippen LogP contribution in [-0.4, -0.2) is 50.5 Å². The number of rotatable bonds is 5. The average molecular weight is 528 g/mol. The molecule has 3 rings (SSSR count). The first-order valence-electron chi connectivity index (χ1n) is 9.32. The summed E-state index contributed by atoms with van der Waals surface area (Å²) in [6.45, 7) is 3.37. The Hall–Kier alpha value is -2.00. The maximum Gasteiger partial charge on any atom is 0.239 e. The second-order valence-electron chi connectivity index (χ2n) is 6.82. The van der Waals surface area contributed by atoms with E-state index in [1.165, 1.54) is 5.56 Å². The largest absolute Gasteiger partial charge is 0.360 e. The minimum Gasteiger partial charge on any atom is -0.360 e. The second-order valence-corrected chi connectivity index (χ2v) is 7.26. The van der Waals surface area contributed by atoms with Gasteiger partial charge in [0.05, 0.1) is 6.54 Å². The van der Waals surface area contributed by atoms with Gasteiger partial charge >= 0.3 is 0 Å². The molecule has 29 heavy (non-hydrogen) atoms. The summed E-state index contributed by atoms with van der Waals surface area (Å²) in [6, 6.07) is 16.1. The Balaban J connectivity index is 0.00000300. The molecule has 1 aliphatic rings. The maximum atomic E-state index is 11.5. The number of aliphatic imine (C=N–C) groups is 1. The highest BCUT2D eigenvalue weighted by Crippen LogP contribution is 2.16. The lowest BCUT2D eigenvalue weighted by molar-refractivity contribution is -0.120. The molecule has 1 aliphatic heterocycles. The minimum atomic E-state index is 0. The van der Waals surface area contributed by atoms with Gasteiger partial charge < -0.3 is 20.4 Å². The lowest BCUT2D eigenvalue weighted by Gasteiger charge is -2.28. The Morgan fingerprint density at radius 2 is 1.83 bits per heavy atom. The second kappa shape index (κ2) is 11.3. The number of hydrogen-bond donors (Lipinski definition) is 2. The maximum absolute atomic E-state index is 11.5. The predicted octanol–water partition coefficient (Wildman–Crippen LogP) is 3.10. The molecule has 0 spiro atoms. The molecule has 0 atom stereocenters. The number of nitrogens with one attached hydrogen (secondary N) is 2. The molecule has 1 heterocycles. The molecule has 1 saturated heterocycles. The van der Waals surface area contributed by atoms with Crippen LogP contribution in [0, 0.1) is 0 Å². The third-order valence-corrected chi connectivity index (χ3v) is 4.95. The number of guanidine groups is 1. The number of anilines is 1. The van der Waals surface area contributed by atoms with Gasteiger partial charge in [0.15, 0.2) is 5.96 Å². The number of amides is 1. The van der Waals surface area contributed by atoms with Crippen LogP contribution in [0.5, 0.6) is 0 Å². The molecule has 8 heteroatoms. The Bertz CT molecular complexity index is 826. The Morgan fingerprint density at radius 1 is 1.17 bits per heavy atom. The van der Waals surface area contributed by atoms with E-state index in [9.17, 15) is 4.79 Å². The van der Waals surface area contributed by atoms with E-state index in [2.05, 4.69) is 49.7 Å². The third-order valence-electron chi connectivity index (χ3n) is 4.70. The summed E-state index contributed by atoms with van der Waals surface area (Å²) in [5.74, 6) is 0.899. The first kappa shape index (κ1) is 23.3. The zero-order chi connectivity index (χ0) is 19.9. The molecular weight excluding hydrogens is 501 g/mol. The number of hydrogen-bond acceptors (Lipinski definition) is 3. The van der Waals surface area contributed by atoms with E-state index < -0.39 is 0 Å². The van der Waals surface area contributed by atoms with Crippen molar-refractivity contribution in [2.45, 2.75) is 13.1 Å². The molecule has 2 aromatic rings. The van der Waals surface area contributed by atoms with Crippen LogP contribution in [0.4, 0.5) is 5.69 Å². The Kier molecular flexibility index (Phi) is 9.03. The van der Waals surface area contributed by atoms with Crippen molar-refractivity contribution in [2.75, 3.05) is 38.6 Å². The number of benzene rings is 2. The molecule has 0 radical (unpaired) electrons. The molecule has 0 aliphatic carbocycles. The SMILES string of the molecule is CN=C(NCc1ccc(N2CCNC(=O)C2)cc1)N(C)Cc1ccc(Cl)cc1.I. The zero-order valence-corrected chi connectivity index (χ0v) is 19.8. The molecule has 2 N–H and O–H groups in total.